The van der Waals surface area contributed by atoms with Crippen LogP contribution in [0.3, 0.4) is 0 Å². The molecule has 9 nitrogen and oxygen atoms in total. The number of benzene rings is 2. The van der Waals surface area contributed by atoms with Crippen molar-refractivity contribution in [3.8, 4) is 5.82 Å². The summed E-state index contributed by atoms with van der Waals surface area (Å²) in [5, 5.41) is 6.18. The number of alkyl halides is 3. The molecule has 5 rings (SSSR count). The predicted molar refractivity (Wildman–Crippen MR) is 164 cm³/mol. The van der Waals surface area contributed by atoms with Crippen molar-refractivity contribution < 1.29 is 22.8 Å². The molecule has 4 aromatic rings. The van der Waals surface area contributed by atoms with E-state index in [0.717, 1.165) is 12.1 Å². The Bertz CT molecular complexity index is 1830. The molecule has 234 valence electrons. The Kier molecular flexibility index (Phi) is 8.90. The molecule has 2 aromatic carbocycles. The molecule has 2 N–H and O–H groups in total. The summed E-state index contributed by atoms with van der Waals surface area (Å²) in [4.78, 5) is 50.3. The van der Waals surface area contributed by atoms with Crippen molar-refractivity contribution >= 4 is 41.0 Å². The number of hydrogen-bond acceptors (Lipinski definition) is 6. The van der Waals surface area contributed by atoms with Crippen molar-refractivity contribution in [2.45, 2.75) is 45.1 Å². The van der Waals surface area contributed by atoms with Gasteiger partial charge in [0.15, 0.2) is 0 Å². The first kappa shape index (κ1) is 32.0. The van der Waals surface area contributed by atoms with Gasteiger partial charge in [0.25, 0.3) is 17.4 Å². The molecule has 45 heavy (non-hydrogen) atoms. The minimum Gasteiger partial charge on any atom is -0.355 e. The third kappa shape index (κ3) is 6.52. The van der Waals surface area contributed by atoms with Crippen LogP contribution in [-0.4, -0.2) is 44.3 Å². The number of rotatable bonds is 6. The third-order valence-electron chi connectivity index (χ3n) is 7.59. The zero-order valence-corrected chi connectivity index (χ0v) is 25.8. The lowest BCUT2D eigenvalue weighted by Crippen LogP contribution is -2.46. The fourth-order valence-electron chi connectivity index (χ4n) is 5.07. The van der Waals surface area contributed by atoms with Crippen LogP contribution in [0.2, 0.25) is 10.0 Å². The van der Waals surface area contributed by atoms with Crippen molar-refractivity contribution in [1.82, 2.24) is 24.8 Å². The Morgan fingerprint density at radius 1 is 1.02 bits per heavy atom. The topological polar surface area (TPSA) is 109 Å². The summed E-state index contributed by atoms with van der Waals surface area (Å²) >= 11 is 12.2. The molecule has 3 heterocycles. The highest BCUT2D eigenvalue weighted by Crippen LogP contribution is 2.31. The highest BCUT2D eigenvalue weighted by molar-refractivity contribution is 6.42. The second kappa shape index (κ2) is 12.5. The largest absolute Gasteiger partial charge is 0.416 e. The molecule has 14 heteroatoms. The molecule has 0 saturated carbocycles. The molecule has 1 aliphatic rings. The third-order valence-corrected chi connectivity index (χ3v) is 8.33. The van der Waals surface area contributed by atoms with E-state index in [1.165, 1.54) is 54.2 Å². The first-order valence-corrected chi connectivity index (χ1v) is 14.6. The Morgan fingerprint density at radius 3 is 2.31 bits per heavy atom. The smallest absolute Gasteiger partial charge is 0.355 e. The van der Waals surface area contributed by atoms with Crippen LogP contribution < -0.4 is 16.2 Å². The monoisotopic (exact) mass is 658 g/mol. The normalized spacial score (nSPS) is 15.3. The quantitative estimate of drug-likeness (QED) is 0.260. The van der Waals surface area contributed by atoms with Gasteiger partial charge in [-0.3, -0.25) is 14.4 Å². The fraction of sp³-hybridized carbons (Fsp3) is 0.258. The summed E-state index contributed by atoms with van der Waals surface area (Å²) in [7, 11) is 1.48. The maximum atomic E-state index is 14.1. The van der Waals surface area contributed by atoms with E-state index in [-0.39, 0.29) is 53.2 Å². The van der Waals surface area contributed by atoms with E-state index in [4.69, 9.17) is 28.2 Å². The molecule has 1 aliphatic heterocycles. The molecular weight excluding hydrogens is 632 g/mol. The van der Waals surface area contributed by atoms with Gasteiger partial charge in [-0.2, -0.15) is 13.2 Å². The number of hydrogen-bond donors (Lipinski definition) is 2. The number of carbonyl (C=O) groups excluding carboxylic acids is 2. The molecule has 2 aromatic heterocycles. The van der Waals surface area contributed by atoms with Crippen LogP contribution in [0.5, 0.6) is 0 Å². The van der Waals surface area contributed by atoms with Crippen molar-refractivity contribution in [2.75, 3.05) is 12.4 Å². The van der Waals surface area contributed by atoms with Crippen molar-refractivity contribution in [3.63, 3.8) is 0 Å². The number of aromatic nitrogens is 3. The van der Waals surface area contributed by atoms with Gasteiger partial charge in [-0.1, -0.05) is 35.3 Å². The molecule has 0 bridgehead atoms. The summed E-state index contributed by atoms with van der Waals surface area (Å²) in [6.45, 7) is 3.54. The molecule has 0 saturated heterocycles. The summed E-state index contributed by atoms with van der Waals surface area (Å²) in [6, 6.07) is 11.3. The van der Waals surface area contributed by atoms with Crippen LogP contribution in [0, 0.1) is 0 Å². The van der Waals surface area contributed by atoms with Gasteiger partial charge in [-0.15, -0.1) is 0 Å². The average molecular weight is 659 g/mol. The van der Waals surface area contributed by atoms with E-state index < -0.39 is 23.3 Å². The van der Waals surface area contributed by atoms with Gasteiger partial charge in [-0.25, -0.2) is 14.5 Å². The van der Waals surface area contributed by atoms with Gasteiger partial charge in [0.1, 0.15) is 5.82 Å². The first-order valence-electron chi connectivity index (χ1n) is 13.8. The lowest BCUT2D eigenvalue weighted by Gasteiger charge is -2.34. The predicted octanol–water partition coefficient (Wildman–Crippen LogP) is 6.07. The van der Waals surface area contributed by atoms with E-state index in [9.17, 15) is 27.6 Å². The summed E-state index contributed by atoms with van der Waals surface area (Å²) < 4.78 is 40.7. The number of amides is 2. The number of halogens is 5. The second-order valence-corrected chi connectivity index (χ2v) is 11.4. The number of nitrogens with zero attached hydrogens (tertiary/aromatic N) is 4. The van der Waals surface area contributed by atoms with Crippen molar-refractivity contribution in [3.05, 3.63) is 115 Å². The molecule has 0 unspecified atom stereocenters. The minimum atomic E-state index is -4.49. The molecule has 0 aliphatic carbocycles. The lowest BCUT2D eigenvalue weighted by molar-refractivity contribution is -0.137. The van der Waals surface area contributed by atoms with Gasteiger partial charge < -0.3 is 15.5 Å². The molecule has 0 fully saturated rings. The van der Waals surface area contributed by atoms with Gasteiger partial charge in [0, 0.05) is 30.4 Å². The molecule has 0 spiro atoms. The number of nitrogens with one attached hydrogen (secondary N) is 2. The van der Waals surface area contributed by atoms with Crippen LogP contribution in [0.1, 0.15) is 63.0 Å². The highest BCUT2D eigenvalue weighted by Gasteiger charge is 2.33. The zero-order chi connectivity index (χ0) is 32.6. The van der Waals surface area contributed by atoms with Crippen molar-refractivity contribution in [1.29, 1.82) is 0 Å². The SMILES string of the molecule is CNC(=O)c1ccc(-n2c(N[C@@H](C)c3ccc(C(F)(F)F)cc3)nc3c(c2=O)C[C@@H](C)N(C(=O)c2ccc(Cl)c(Cl)c2)C3)nc1. The summed E-state index contributed by atoms with van der Waals surface area (Å²) in [6.07, 6.45) is -2.97. The maximum Gasteiger partial charge on any atom is 0.416 e. The van der Waals surface area contributed by atoms with Crippen LogP contribution in [0.25, 0.3) is 5.82 Å². The van der Waals surface area contributed by atoms with E-state index in [1.807, 2.05) is 6.92 Å². The Balaban J connectivity index is 1.56. The Morgan fingerprint density at radius 2 is 1.71 bits per heavy atom. The molecule has 2 atom stereocenters. The Labute approximate surface area is 266 Å². The van der Waals surface area contributed by atoms with E-state index in [1.54, 1.807) is 17.9 Å². The molecule has 2 amide bonds. The first-order chi connectivity index (χ1) is 21.3. The fourth-order valence-corrected chi connectivity index (χ4v) is 5.37. The van der Waals surface area contributed by atoms with Gasteiger partial charge in [-0.05, 0) is 68.3 Å². The van der Waals surface area contributed by atoms with E-state index >= 15 is 0 Å². The Hall–Kier alpha value is -4.42. The number of fused-ring (bicyclic) bond motifs is 1. The highest BCUT2D eigenvalue weighted by atomic mass is 35.5. The van der Waals surface area contributed by atoms with Crippen LogP contribution >= 0.6 is 23.2 Å². The van der Waals surface area contributed by atoms with Crippen LogP contribution in [0.4, 0.5) is 19.1 Å². The van der Waals surface area contributed by atoms with Crippen molar-refractivity contribution in [2.24, 2.45) is 0 Å². The second-order valence-electron chi connectivity index (χ2n) is 10.6. The van der Waals surface area contributed by atoms with Gasteiger partial charge in [0.2, 0.25) is 5.95 Å². The van der Waals surface area contributed by atoms with E-state index in [2.05, 4.69) is 15.6 Å². The lowest BCUT2D eigenvalue weighted by atomic mass is 9.98. The zero-order valence-electron chi connectivity index (χ0n) is 24.2. The van der Waals surface area contributed by atoms with E-state index in [0.29, 0.717) is 27.4 Å². The number of anilines is 1. The number of carbonyl (C=O) groups is 2. The molecule has 0 radical (unpaired) electrons. The molecular formula is C31H27Cl2F3N6O3. The van der Waals surface area contributed by atoms with Gasteiger partial charge >= 0.3 is 6.18 Å². The van der Waals surface area contributed by atoms with Crippen LogP contribution in [0.15, 0.2) is 65.6 Å². The van der Waals surface area contributed by atoms with Gasteiger partial charge in [0.05, 0.1) is 39.5 Å². The standard InChI is InChI=1S/C31H27Cl2F3N6O3/c1-16-12-22-25(15-41(16)28(44)19-6-10-23(32)24(33)13-19)40-30(39-17(2)18-4-8-21(9-5-18)31(34,35)36)42(29(22)45)26-11-7-20(14-38-26)27(43)37-3/h4-11,13-14,16-17H,12,15H2,1-3H3,(H,37,43)(H,39,40)/t16-,17+/m1/s1. The minimum absolute atomic E-state index is 0.0119. The summed E-state index contributed by atoms with van der Waals surface area (Å²) in [5.74, 6) is -0.452. The summed E-state index contributed by atoms with van der Waals surface area (Å²) in [5.41, 5.74) is 0.618. The average Bonchev–Trinajstić information content (AvgIpc) is 3.01. The number of pyridine rings is 1. The van der Waals surface area contributed by atoms with Crippen LogP contribution in [-0.2, 0) is 19.1 Å². The maximum absolute atomic E-state index is 14.1.